The molecule has 0 bridgehead atoms. The molecule has 0 spiro atoms. The minimum atomic E-state index is -0.134. The van der Waals surface area contributed by atoms with Crippen molar-refractivity contribution >= 4 is 34.0 Å². The number of benzene rings is 2. The first kappa shape index (κ1) is 23.9. The lowest BCUT2D eigenvalue weighted by molar-refractivity contribution is 0.0986. The van der Waals surface area contributed by atoms with E-state index in [4.69, 9.17) is 11.6 Å². The summed E-state index contributed by atoms with van der Waals surface area (Å²) in [6.07, 6.45) is 5.81. The van der Waals surface area contributed by atoms with Crippen LogP contribution in [-0.4, -0.2) is 40.6 Å². The Morgan fingerprint density at radius 1 is 1.12 bits per heavy atom. The van der Waals surface area contributed by atoms with E-state index in [0.29, 0.717) is 22.3 Å². The zero-order valence-electron chi connectivity index (χ0n) is 19.4. The second-order valence-electron chi connectivity index (χ2n) is 8.67. The maximum absolute atomic E-state index is 13.3. The average Bonchev–Trinajstić information content (AvgIpc) is 3.30. The zero-order valence-corrected chi connectivity index (χ0v) is 21.0. The monoisotopic (exact) mass is 482 g/mol. The molecule has 1 fully saturated rings. The number of carbonyl (C=O) groups excluding carboxylic acids is 1. The van der Waals surface area contributed by atoms with E-state index >= 15 is 0 Å². The summed E-state index contributed by atoms with van der Waals surface area (Å²) in [7, 11) is 0. The van der Waals surface area contributed by atoms with Gasteiger partial charge in [0.05, 0.1) is 10.6 Å². The van der Waals surface area contributed by atoms with Crippen molar-refractivity contribution in [2.45, 2.75) is 52.5 Å². The van der Waals surface area contributed by atoms with Gasteiger partial charge in [-0.3, -0.25) is 14.6 Å². The Labute approximate surface area is 205 Å². The number of hydrogen-bond acceptors (Lipinski definition) is 5. The van der Waals surface area contributed by atoms with Gasteiger partial charge >= 0.3 is 0 Å². The van der Waals surface area contributed by atoms with Crippen LogP contribution in [-0.2, 0) is 6.54 Å². The molecule has 1 saturated heterocycles. The normalized spacial score (nSPS) is 14.4. The minimum Gasteiger partial charge on any atom is -0.299 e. The summed E-state index contributed by atoms with van der Waals surface area (Å²) in [6, 6.07) is 13.8. The largest absolute Gasteiger partial charge is 0.299 e. The quantitative estimate of drug-likeness (QED) is 0.363. The number of aryl methyl sites for hydroxylation is 1. The fourth-order valence-corrected chi connectivity index (χ4v) is 5.43. The number of anilines is 1. The predicted octanol–water partition coefficient (Wildman–Crippen LogP) is 6.60. The number of likely N-dealkylation sites (tertiary alicyclic amines) is 1. The second-order valence-corrected chi connectivity index (χ2v) is 10.0. The van der Waals surface area contributed by atoms with Crippen molar-refractivity contribution in [1.29, 1.82) is 0 Å². The van der Waals surface area contributed by atoms with Crippen LogP contribution in [0.3, 0.4) is 0 Å². The summed E-state index contributed by atoms with van der Waals surface area (Å²) in [5.74, 6) is -0.134. The summed E-state index contributed by atoms with van der Waals surface area (Å²) >= 11 is 7.77. The minimum absolute atomic E-state index is 0.134. The van der Waals surface area contributed by atoms with Crippen LogP contribution in [0.2, 0.25) is 5.02 Å². The van der Waals surface area contributed by atoms with Gasteiger partial charge in [0.1, 0.15) is 5.01 Å². The molecule has 1 aliphatic heterocycles. The highest BCUT2D eigenvalue weighted by Gasteiger charge is 2.23. The topological polar surface area (TPSA) is 49.3 Å². The number of aromatic nitrogens is 2. The molecule has 2 heterocycles. The van der Waals surface area contributed by atoms with Crippen molar-refractivity contribution in [3.63, 3.8) is 0 Å². The molecule has 5 nitrogen and oxygen atoms in total. The first-order chi connectivity index (χ1) is 16.1. The van der Waals surface area contributed by atoms with Gasteiger partial charge in [0.25, 0.3) is 5.91 Å². The van der Waals surface area contributed by atoms with Crippen molar-refractivity contribution in [3.8, 4) is 10.6 Å². The summed E-state index contributed by atoms with van der Waals surface area (Å²) in [5.41, 5.74) is 4.08. The molecule has 7 heteroatoms. The summed E-state index contributed by atoms with van der Waals surface area (Å²) in [6.45, 7) is 8.20. The highest BCUT2D eigenvalue weighted by Crippen LogP contribution is 2.33. The van der Waals surface area contributed by atoms with Gasteiger partial charge < -0.3 is 0 Å². The first-order valence-electron chi connectivity index (χ1n) is 11.8. The SMILES string of the molecule is CCCCN(C(=O)c1ccccc1Cl)c1nnc(-c2ccc(CN3CCCCC3)cc2C)s1. The van der Waals surface area contributed by atoms with E-state index in [1.807, 2.05) is 12.1 Å². The number of unbranched alkanes of at least 4 members (excludes halogenated alkanes) is 1. The number of carbonyl (C=O) groups is 1. The molecule has 1 amide bonds. The molecule has 0 radical (unpaired) electrons. The maximum atomic E-state index is 13.3. The molecule has 0 N–H and O–H groups in total. The van der Waals surface area contributed by atoms with Crippen LogP contribution in [0, 0.1) is 6.92 Å². The first-order valence-corrected chi connectivity index (χ1v) is 13.0. The fraction of sp³-hybridized carbons (Fsp3) is 0.423. The Kier molecular flexibility index (Phi) is 8.12. The van der Waals surface area contributed by atoms with Gasteiger partial charge in [-0.1, -0.05) is 73.0 Å². The fourth-order valence-electron chi connectivity index (χ4n) is 4.25. The number of amides is 1. The van der Waals surface area contributed by atoms with Crippen LogP contribution in [0.4, 0.5) is 5.13 Å². The van der Waals surface area contributed by atoms with Gasteiger partial charge in [-0.15, -0.1) is 10.2 Å². The highest BCUT2D eigenvalue weighted by atomic mass is 35.5. The standard InChI is InChI=1S/C26H31ClN4OS/c1-3-4-16-31(25(32)22-10-6-7-11-23(22)27)26-29-28-24(33-26)21-13-12-20(17-19(21)2)18-30-14-8-5-9-15-30/h6-7,10-13,17H,3-5,8-9,14-16,18H2,1-2H3. The van der Waals surface area contributed by atoms with Gasteiger partial charge in [0.15, 0.2) is 0 Å². The predicted molar refractivity (Wildman–Crippen MR) is 137 cm³/mol. The summed E-state index contributed by atoms with van der Waals surface area (Å²) < 4.78 is 0. The molecule has 3 aromatic rings. The molecule has 0 saturated carbocycles. The molecular formula is C26H31ClN4OS. The van der Waals surface area contributed by atoms with Crippen LogP contribution in [0.25, 0.3) is 10.6 Å². The van der Waals surface area contributed by atoms with E-state index in [1.165, 1.54) is 54.8 Å². The molecule has 1 aliphatic rings. The van der Waals surface area contributed by atoms with E-state index in [1.54, 1.807) is 17.0 Å². The van der Waals surface area contributed by atoms with E-state index in [2.05, 4.69) is 47.1 Å². The Hall–Kier alpha value is -2.28. The number of hydrogen-bond donors (Lipinski definition) is 0. The molecule has 4 rings (SSSR count). The van der Waals surface area contributed by atoms with Crippen molar-refractivity contribution in [3.05, 3.63) is 64.2 Å². The van der Waals surface area contributed by atoms with Crippen LogP contribution in [0.15, 0.2) is 42.5 Å². The van der Waals surface area contributed by atoms with Crippen LogP contribution in [0.5, 0.6) is 0 Å². The molecule has 0 unspecified atom stereocenters. The lowest BCUT2D eigenvalue weighted by Gasteiger charge is -2.26. The smallest absolute Gasteiger partial charge is 0.261 e. The highest BCUT2D eigenvalue weighted by molar-refractivity contribution is 7.18. The van der Waals surface area contributed by atoms with E-state index in [-0.39, 0.29) is 5.91 Å². The number of halogens is 1. The van der Waals surface area contributed by atoms with Gasteiger partial charge in [0.2, 0.25) is 5.13 Å². The van der Waals surface area contributed by atoms with Crippen molar-refractivity contribution in [2.24, 2.45) is 0 Å². The Morgan fingerprint density at radius 2 is 1.91 bits per heavy atom. The van der Waals surface area contributed by atoms with E-state index in [9.17, 15) is 4.79 Å². The Morgan fingerprint density at radius 3 is 2.64 bits per heavy atom. The molecule has 174 valence electrons. The van der Waals surface area contributed by atoms with Gasteiger partial charge in [0, 0.05) is 18.7 Å². The van der Waals surface area contributed by atoms with Gasteiger partial charge in [-0.2, -0.15) is 0 Å². The van der Waals surface area contributed by atoms with Crippen LogP contribution in [0.1, 0.15) is 60.5 Å². The lowest BCUT2D eigenvalue weighted by Crippen LogP contribution is -2.32. The molecular weight excluding hydrogens is 452 g/mol. The van der Waals surface area contributed by atoms with Crippen molar-refractivity contribution in [2.75, 3.05) is 24.5 Å². The van der Waals surface area contributed by atoms with Gasteiger partial charge in [-0.25, -0.2) is 0 Å². The molecule has 1 aromatic heterocycles. The zero-order chi connectivity index (χ0) is 23.2. The maximum Gasteiger partial charge on any atom is 0.261 e. The molecule has 0 atom stereocenters. The molecule has 0 aliphatic carbocycles. The average molecular weight is 483 g/mol. The van der Waals surface area contributed by atoms with Crippen LogP contribution >= 0.6 is 22.9 Å². The van der Waals surface area contributed by atoms with Crippen LogP contribution < -0.4 is 4.90 Å². The number of nitrogens with zero attached hydrogens (tertiary/aromatic N) is 4. The third kappa shape index (κ3) is 5.81. The Bertz CT molecular complexity index is 1090. The van der Waals surface area contributed by atoms with Gasteiger partial charge in [-0.05, 0) is 62.5 Å². The third-order valence-electron chi connectivity index (χ3n) is 6.11. The molecule has 33 heavy (non-hydrogen) atoms. The van der Waals surface area contributed by atoms with E-state index in [0.717, 1.165) is 30.0 Å². The van der Waals surface area contributed by atoms with Crippen molar-refractivity contribution < 1.29 is 4.79 Å². The molecule has 2 aromatic carbocycles. The second kappa shape index (κ2) is 11.2. The third-order valence-corrected chi connectivity index (χ3v) is 7.42. The number of piperidine rings is 1. The Balaban J connectivity index is 1.55. The van der Waals surface area contributed by atoms with E-state index < -0.39 is 0 Å². The van der Waals surface area contributed by atoms with Crippen molar-refractivity contribution in [1.82, 2.24) is 15.1 Å². The lowest BCUT2D eigenvalue weighted by atomic mass is 10.0. The number of rotatable bonds is 8. The summed E-state index contributed by atoms with van der Waals surface area (Å²) in [4.78, 5) is 17.5. The summed E-state index contributed by atoms with van der Waals surface area (Å²) in [5, 5.41) is 10.8.